The van der Waals surface area contributed by atoms with Gasteiger partial charge in [-0.2, -0.15) is 0 Å². The van der Waals surface area contributed by atoms with E-state index in [1.807, 2.05) is 24.3 Å². The van der Waals surface area contributed by atoms with E-state index in [1.54, 1.807) is 25.2 Å². The first kappa shape index (κ1) is 21.4. The van der Waals surface area contributed by atoms with Crippen LogP contribution in [0.1, 0.15) is 18.4 Å². The highest BCUT2D eigenvalue weighted by molar-refractivity contribution is 5.80. The number of carbonyl (C=O) groups is 1. The van der Waals surface area contributed by atoms with Crippen molar-refractivity contribution >= 4 is 17.6 Å². The summed E-state index contributed by atoms with van der Waals surface area (Å²) >= 11 is 0. The lowest BCUT2D eigenvalue weighted by Crippen LogP contribution is -2.51. The van der Waals surface area contributed by atoms with Crippen molar-refractivity contribution in [3.8, 4) is 5.75 Å². The van der Waals surface area contributed by atoms with Crippen molar-refractivity contribution in [3.05, 3.63) is 59.9 Å². The fourth-order valence-electron chi connectivity index (χ4n) is 3.48. The van der Waals surface area contributed by atoms with Crippen LogP contribution in [0.15, 0.2) is 53.5 Å². The number of nitrogens with two attached hydrogens (primary N) is 1. The van der Waals surface area contributed by atoms with Crippen molar-refractivity contribution in [2.75, 3.05) is 31.6 Å². The Morgan fingerprint density at radius 3 is 2.90 bits per heavy atom. The maximum Gasteiger partial charge on any atom is 0.255 e. The first-order valence-corrected chi connectivity index (χ1v) is 10.0. The molecule has 1 amide bonds. The fourth-order valence-corrected chi connectivity index (χ4v) is 3.48. The first-order valence-electron chi connectivity index (χ1n) is 10.0. The number of nitrogens with one attached hydrogen (secondary N) is 2. The topological polar surface area (TPSA) is 92.0 Å². The van der Waals surface area contributed by atoms with Crippen molar-refractivity contribution in [2.24, 2.45) is 10.7 Å². The molecule has 1 atom stereocenters. The van der Waals surface area contributed by atoms with E-state index in [0.29, 0.717) is 18.3 Å². The predicted molar refractivity (Wildman–Crippen MR) is 116 cm³/mol. The van der Waals surface area contributed by atoms with Gasteiger partial charge in [-0.15, -0.1) is 0 Å². The van der Waals surface area contributed by atoms with Crippen LogP contribution in [0.4, 0.5) is 10.1 Å². The minimum atomic E-state index is -0.511. The number of guanidine groups is 1. The van der Waals surface area contributed by atoms with Gasteiger partial charge in [0, 0.05) is 38.4 Å². The quantitative estimate of drug-likeness (QED) is 0.477. The lowest BCUT2D eigenvalue weighted by atomic mass is 10.0. The molecular formula is C22H28FN5O2. The first-order chi connectivity index (χ1) is 14.5. The van der Waals surface area contributed by atoms with Crippen molar-refractivity contribution in [1.82, 2.24) is 10.6 Å². The van der Waals surface area contributed by atoms with Crippen molar-refractivity contribution in [1.29, 1.82) is 0 Å². The summed E-state index contributed by atoms with van der Waals surface area (Å²) in [5.41, 5.74) is 7.01. The molecule has 0 aliphatic carbocycles. The normalized spacial score (nSPS) is 16.8. The number of rotatable bonds is 7. The number of halogens is 1. The number of piperidine rings is 1. The van der Waals surface area contributed by atoms with Crippen LogP contribution < -0.4 is 26.0 Å². The van der Waals surface area contributed by atoms with E-state index in [0.717, 1.165) is 37.2 Å². The summed E-state index contributed by atoms with van der Waals surface area (Å²) in [6.45, 7) is 2.09. The number of primary amides is 1. The summed E-state index contributed by atoms with van der Waals surface area (Å²) in [5, 5.41) is 6.76. The Labute approximate surface area is 176 Å². The van der Waals surface area contributed by atoms with E-state index in [-0.39, 0.29) is 18.5 Å². The van der Waals surface area contributed by atoms with Crippen molar-refractivity contribution in [3.63, 3.8) is 0 Å². The number of carbonyl (C=O) groups excluding carboxylic acids is 1. The highest BCUT2D eigenvalue weighted by Crippen LogP contribution is 2.20. The smallest absolute Gasteiger partial charge is 0.255 e. The van der Waals surface area contributed by atoms with Gasteiger partial charge in [0.2, 0.25) is 0 Å². The molecule has 7 nitrogen and oxygen atoms in total. The monoisotopic (exact) mass is 413 g/mol. The van der Waals surface area contributed by atoms with Gasteiger partial charge in [0.05, 0.1) is 0 Å². The third-order valence-corrected chi connectivity index (χ3v) is 4.90. The minimum Gasteiger partial charge on any atom is -0.484 e. The number of aliphatic imine (C=N–C) groups is 1. The molecule has 2 aromatic carbocycles. The van der Waals surface area contributed by atoms with Crippen LogP contribution in [-0.4, -0.2) is 44.7 Å². The number of benzene rings is 2. The second-order valence-corrected chi connectivity index (χ2v) is 7.24. The number of hydrogen-bond donors (Lipinski definition) is 3. The van der Waals surface area contributed by atoms with Crippen LogP contribution in [0.5, 0.6) is 5.75 Å². The summed E-state index contributed by atoms with van der Waals surface area (Å²) in [7, 11) is 1.73. The molecule has 1 heterocycles. The Balaban J connectivity index is 1.53. The van der Waals surface area contributed by atoms with Crippen LogP contribution in [0.2, 0.25) is 0 Å². The maximum atomic E-state index is 13.6. The van der Waals surface area contributed by atoms with Gasteiger partial charge >= 0.3 is 0 Å². The number of nitrogens with zero attached hydrogens (tertiary/aromatic N) is 2. The molecule has 0 radical (unpaired) electrons. The van der Waals surface area contributed by atoms with Crippen LogP contribution in [-0.2, 0) is 11.3 Å². The summed E-state index contributed by atoms with van der Waals surface area (Å²) in [6, 6.07) is 14.4. The third kappa shape index (κ3) is 6.37. The number of ether oxygens (including phenoxy) is 1. The number of hydrogen-bond acceptors (Lipinski definition) is 4. The van der Waals surface area contributed by atoms with E-state index < -0.39 is 5.91 Å². The zero-order chi connectivity index (χ0) is 21.3. The minimum absolute atomic E-state index is 0.149. The molecule has 1 unspecified atom stereocenters. The molecular weight excluding hydrogens is 385 g/mol. The lowest BCUT2D eigenvalue weighted by molar-refractivity contribution is -0.119. The molecule has 1 fully saturated rings. The molecule has 1 aliphatic heterocycles. The van der Waals surface area contributed by atoms with Gasteiger partial charge in [-0.25, -0.2) is 4.39 Å². The Kier molecular flexibility index (Phi) is 7.48. The van der Waals surface area contributed by atoms with Gasteiger partial charge in [-0.05, 0) is 48.7 Å². The largest absolute Gasteiger partial charge is 0.484 e. The van der Waals surface area contributed by atoms with Gasteiger partial charge in [-0.3, -0.25) is 9.79 Å². The van der Waals surface area contributed by atoms with E-state index >= 15 is 0 Å². The summed E-state index contributed by atoms with van der Waals surface area (Å²) in [6.07, 6.45) is 2.04. The van der Waals surface area contributed by atoms with Crippen molar-refractivity contribution < 1.29 is 13.9 Å². The maximum absolute atomic E-state index is 13.6. The average Bonchev–Trinajstić information content (AvgIpc) is 2.75. The second-order valence-electron chi connectivity index (χ2n) is 7.24. The predicted octanol–water partition coefficient (Wildman–Crippen LogP) is 2.02. The lowest BCUT2D eigenvalue weighted by Gasteiger charge is -2.35. The summed E-state index contributed by atoms with van der Waals surface area (Å²) in [5.74, 6) is 0.559. The molecule has 4 N–H and O–H groups in total. The molecule has 0 aromatic heterocycles. The van der Waals surface area contributed by atoms with Gasteiger partial charge in [0.25, 0.3) is 5.91 Å². The fraction of sp³-hybridized carbons (Fsp3) is 0.364. The van der Waals surface area contributed by atoms with Gasteiger partial charge in [0.1, 0.15) is 11.6 Å². The molecule has 3 rings (SSSR count). The molecule has 8 heteroatoms. The molecule has 160 valence electrons. The van der Waals surface area contributed by atoms with Crippen molar-refractivity contribution in [2.45, 2.75) is 25.4 Å². The summed E-state index contributed by atoms with van der Waals surface area (Å²) < 4.78 is 18.9. The van der Waals surface area contributed by atoms with Crippen LogP contribution >= 0.6 is 0 Å². The molecule has 0 bridgehead atoms. The third-order valence-electron chi connectivity index (χ3n) is 4.90. The molecule has 0 saturated carbocycles. The zero-order valence-corrected chi connectivity index (χ0v) is 17.1. The summed E-state index contributed by atoms with van der Waals surface area (Å²) in [4.78, 5) is 17.4. The molecule has 1 saturated heterocycles. The second kappa shape index (κ2) is 10.5. The molecule has 0 spiro atoms. The highest BCUT2D eigenvalue weighted by Gasteiger charge is 2.21. The van der Waals surface area contributed by atoms with E-state index in [9.17, 15) is 9.18 Å². The van der Waals surface area contributed by atoms with Crippen LogP contribution in [0.25, 0.3) is 0 Å². The zero-order valence-electron chi connectivity index (χ0n) is 17.1. The Bertz CT molecular complexity index is 889. The van der Waals surface area contributed by atoms with Gasteiger partial charge < -0.3 is 26.0 Å². The van der Waals surface area contributed by atoms with Crippen LogP contribution in [0, 0.1) is 5.82 Å². The average molecular weight is 413 g/mol. The van der Waals surface area contributed by atoms with E-state index in [1.165, 1.54) is 6.07 Å². The molecule has 30 heavy (non-hydrogen) atoms. The standard InChI is InChI=1S/C22H28FN5O2/c1-25-22(26-13-16-5-2-9-20(11-16)30-15-21(24)29)27-18-7-4-10-28(14-18)19-8-3-6-17(23)12-19/h2-3,5-6,8-9,11-12,18H,4,7,10,13-15H2,1H3,(H2,24,29)(H2,25,26,27). The Morgan fingerprint density at radius 2 is 2.13 bits per heavy atom. The van der Waals surface area contributed by atoms with Crippen LogP contribution in [0.3, 0.4) is 0 Å². The van der Waals surface area contributed by atoms with Gasteiger partial charge in [0.15, 0.2) is 12.6 Å². The highest BCUT2D eigenvalue weighted by atomic mass is 19.1. The number of anilines is 1. The van der Waals surface area contributed by atoms with Gasteiger partial charge in [-0.1, -0.05) is 18.2 Å². The van der Waals surface area contributed by atoms with E-state index in [4.69, 9.17) is 10.5 Å². The Morgan fingerprint density at radius 1 is 1.30 bits per heavy atom. The molecule has 1 aliphatic rings. The Hall–Kier alpha value is -3.29. The number of amides is 1. The molecule has 2 aromatic rings. The SMILES string of the molecule is CN=C(NCc1cccc(OCC(N)=O)c1)NC1CCCN(c2cccc(F)c2)C1. The van der Waals surface area contributed by atoms with E-state index in [2.05, 4.69) is 20.5 Å².